The Morgan fingerprint density at radius 1 is 0.745 bits per heavy atom. The topological polar surface area (TPSA) is 160 Å². The van der Waals surface area contributed by atoms with E-state index in [-0.39, 0.29) is 32.6 Å². The highest BCUT2D eigenvalue weighted by molar-refractivity contribution is 7.47. The SMILES string of the molecule is CCCCCc1oc(CCCCCCCCC(=O)OC[C@H](COP(=O)(O)OCCN)OC(=O)CCCCCCC/C=C\CC2OC2CCCCC)c(C)c1C. The minimum absolute atomic E-state index is 0.0422. The van der Waals surface area contributed by atoms with Gasteiger partial charge in [-0.1, -0.05) is 103 Å². The molecule has 1 fully saturated rings. The van der Waals surface area contributed by atoms with Gasteiger partial charge in [0.2, 0.25) is 0 Å². The van der Waals surface area contributed by atoms with Crippen LogP contribution in [-0.4, -0.2) is 61.5 Å². The number of rotatable bonds is 36. The summed E-state index contributed by atoms with van der Waals surface area (Å²) in [4.78, 5) is 35.0. The Bertz CT molecular complexity index is 1250. The first-order valence-electron chi connectivity index (χ1n) is 21.6. The standard InChI is InChI=1S/C43H76NO10P/c1-5-7-19-25-38-35(3)36(4)39(53-38)26-21-15-13-14-17-23-29-42(45)49-33-37(34-51-55(47,48)50-32-31-44)52-43(46)30-24-18-12-10-9-11-16-22-28-41-40(54-41)27-20-8-6-2/h16,22,37,40-41H,5-15,17-21,23-34,44H2,1-4H3,(H,47,48)/b22-16-/t37-,40?,41?/m1/s1. The number of carbonyl (C=O) groups is 2. The molecule has 1 aliphatic rings. The Balaban J connectivity index is 1.59. The van der Waals surface area contributed by atoms with Gasteiger partial charge in [-0.15, -0.1) is 0 Å². The number of allylic oxidation sites excluding steroid dienone is 1. The van der Waals surface area contributed by atoms with E-state index in [1.165, 1.54) is 56.1 Å². The van der Waals surface area contributed by atoms with Crippen molar-refractivity contribution in [1.82, 2.24) is 0 Å². The van der Waals surface area contributed by atoms with Gasteiger partial charge in [0.1, 0.15) is 18.1 Å². The van der Waals surface area contributed by atoms with Crippen molar-refractivity contribution in [1.29, 1.82) is 0 Å². The van der Waals surface area contributed by atoms with Crippen LogP contribution in [0.1, 0.15) is 178 Å². The quantitative estimate of drug-likeness (QED) is 0.0219. The molecule has 1 aromatic heterocycles. The predicted molar refractivity (Wildman–Crippen MR) is 218 cm³/mol. The fourth-order valence-corrected chi connectivity index (χ4v) is 7.41. The molecule has 11 nitrogen and oxygen atoms in total. The third-order valence-electron chi connectivity index (χ3n) is 10.3. The van der Waals surface area contributed by atoms with Crippen LogP contribution in [0, 0.1) is 13.8 Å². The minimum Gasteiger partial charge on any atom is -0.466 e. The summed E-state index contributed by atoms with van der Waals surface area (Å²) in [6.07, 6.45) is 28.1. The van der Waals surface area contributed by atoms with Crippen LogP contribution in [0.4, 0.5) is 0 Å². The number of esters is 2. The largest absolute Gasteiger partial charge is 0.472 e. The zero-order valence-electron chi connectivity index (χ0n) is 34.8. The van der Waals surface area contributed by atoms with E-state index in [4.69, 9.17) is 33.4 Å². The fraction of sp³-hybridized carbons (Fsp3) is 0.814. The van der Waals surface area contributed by atoms with Gasteiger partial charge in [-0.05, 0) is 76.3 Å². The molecule has 0 spiro atoms. The van der Waals surface area contributed by atoms with Crippen LogP contribution < -0.4 is 5.73 Å². The van der Waals surface area contributed by atoms with E-state index in [0.717, 1.165) is 95.0 Å². The number of aryl methyl sites for hydroxylation is 2. The lowest BCUT2D eigenvalue weighted by molar-refractivity contribution is -0.161. The Labute approximate surface area is 332 Å². The van der Waals surface area contributed by atoms with Crippen molar-refractivity contribution >= 4 is 19.8 Å². The van der Waals surface area contributed by atoms with Crippen LogP contribution in [0.15, 0.2) is 16.6 Å². The highest BCUT2D eigenvalue weighted by Crippen LogP contribution is 2.43. The maximum absolute atomic E-state index is 12.6. The molecular formula is C43H76NO10P. The van der Waals surface area contributed by atoms with Crippen LogP contribution in [0.3, 0.4) is 0 Å². The monoisotopic (exact) mass is 798 g/mol. The minimum atomic E-state index is -4.40. The number of epoxide rings is 1. The number of ether oxygens (including phenoxy) is 3. The van der Waals surface area contributed by atoms with E-state index in [1.807, 2.05) is 0 Å². The van der Waals surface area contributed by atoms with E-state index in [0.29, 0.717) is 25.0 Å². The zero-order chi connectivity index (χ0) is 40.2. The summed E-state index contributed by atoms with van der Waals surface area (Å²) >= 11 is 0. The molecular weight excluding hydrogens is 721 g/mol. The van der Waals surface area contributed by atoms with Crippen molar-refractivity contribution < 1.29 is 46.7 Å². The van der Waals surface area contributed by atoms with Gasteiger partial charge in [-0.2, -0.15) is 0 Å². The molecule has 1 aliphatic heterocycles. The van der Waals surface area contributed by atoms with Crippen LogP contribution >= 0.6 is 7.82 Å². The molecule has 2 heterocycles. The Morgan fingerprint density at radius 2 is 1.33 bits per heavy atom. The summed E-state index contributed by atoms with van der Waals surface area (Å²) in [5.74, 6) is 1.40. The number of carbonyl (C=O) groups excluding carboxylic acids is 2. The summed E-state index contributed by atoms with van der Waals surface area (Å²) in [6.45, 7) is 7.93. The second kappa shape index (κ2) is 30.1. The third kappa shape index (κ3) is 23.7. The van der Waals surface area contributed by atoms with Crippen LogP contribution in [0.2, 0.25) is 0 Å². The molecule has 1 saturated heterocycles. The Morgan fingerprint density at radius 3 is 1.98 bits per heavy atom. The third-order valence-corrected chi connectivity index (χ3v) is 11.3. The number of hydrogen-bond donors (Lipinski definition) is 2. The number of phosphoric ester groups is 1. The van der Waals surface area contributed by atoms with Crippen LogP contribution in [-0.2, 0) is 50.3 Å². The van der Waals surface area contributed by atoms with Gasteiger partial charge in [0.15, 0.2) is 6.10 Å². The lowest BCUT2D eigenvalue weighted by Crippen LogP contribution is -2.29. The summed E-state index contributed by atoms with van der Waals surface area (Å²) in [7, 11) is -4.40. The number of unbranched alkanes of at least 4 members (excludes halogenated alkanes) is 14. The first kappa shape index (κ1) is 49.1. The van der Waals surface area contributed by atoms with Gasteiger partial charge in [-0.3, -0.25) is 18.6 Å². The first-order valence-corrected chi connectivity index (χ1v) is 23.1. The molecule has 4 atom stereocenters. The molecule has 12 heteroatoms. The average Bonchev–Trinajstić information content (AvgIpc) is 3.86. The molecule has 55 heavy (non-hydrogen) atoms. The lowest BCUT2D eigenvalue weighted by atomic mass is 10.0. The van der Waals surface area contributed by atoms with Gasteiger partial charge in [0.25, 0.3) is 0 Å². The van der Waals surface area contributed by atoms with Crippen molar-refractivity contribution in [2.45, 2.75) is 200 Å². The molecule has 0 bridgehead atoms. The van der Waals surface area contributed by atoms with Crippen molar-refractivity contribution in [3.8, 4) is 0 Å². The smallest absolute Gasteiger partial charge is 0.466 e. The van der Waals surface area contributed by atoms with E-state index in [1.54, 1.807) is 0 Å². The normalized spacial score (nSPS) is 17.1. The highest BCUT2D eigenvalue weighted by Gasteiger charge is 2.36. The van der Waals surface area contributed by atoms with Gasteiger partial charge < -0.3 is 29.3 Å². The summed E-state index contributed by atoms with van der Waals surface area (Å²) in [6, 6.07) is 0. The molecule has 0 amide bonds. The maximum atomic E-state index is 12.6. The van der Waals surface area contributed by atoms with Gasteiger partial charge in [0.05, 0.1) is 25.4 Å². The second-order valence-electron chi connectivity index (χ2n) is 15.2. The molecule has 318 valence electrons. The molecule has 0 radical (unpaired) electrons. The molecule has 1 aromatic rings. The Hall–Kier alpha value is -2.01. The first-order chi connectivity index (χ1) is 26.6. The van der Waals surface area contributed by atoms with Gasteiger partial charge in [0, 0.05) is 32.2 Å². The number of phosphoric acid groups is 1. The summed E-state index contributed by atoms with van der Waals surface area (Å²) in [5, 5.41) is 0. The zero-order valence-corrected chi connectivity index (χ0v) is 35.7. The molecule has 3 unspecified atom stereocenters. The Kier molecular flexibility index (Phi) is 26.9. The van der Waals surface area contributed by atoms with E-state index in [2.05, 4.69) is 39.8 Å². The van der Waals surface area contributed by atoms with E-state index in [9.17, 15) is 19.0 Å². The second-order valence-corrected chi connectivity index (χ2v) is 16.6. The summed E-state index contributed by atoms with van der Waals surface area (Å²) in [5.41, 5.74) is 7.96. The maximum Gasteiger partial charge on any atom is 0.472 e. The highest BCUT2D eigenvalue weighted by atomic mass is 31.2. The van der Waals surface area contributed by atoms with Crippen LogP contribution in [0.5, 0.6) is 0 Å². The number of nitrogens with two attached hydrogens (primary N) is 1. The van der Waals surface area contributed by atoms with E-state index < -0.39 is 32.5 Å². The van der Waals surface area contributed by atoms with Crippen molar-refractivity contribution in [3.05, 3.63) is 34.8 Å². The molecule has 3 N–H and O–H groups in total. The van der Waals surface area contributed by atoms with Gasteiger partial charge >= 0.3 is 19.8 Å². The number of furan rings is 1. The molecule has 0 aromatic carbocycles. The van der Waals surface area contributed by atoms with Gasteiger partial charge in [-0.25, -0.2) is 4.57 Å². The molecule has 0 saturated carbocycles. The van der Waals surface area contributed by atoms with Crippen LogP contribution in [0.25, 0.3) is 0 Å². The van der Waals surface area contributed by atoms with E-state index >= 15 is 0 Å². The fourth-order valence-electron chi connectivity index (χ4n) is 6.64. The summed E-state index contributed by atoms with van der Waals surface area (Å²) < 4.78 is 44.8. The lowest BCUT2D eigenvalue weighted by Gasteiger charge is -2.19. The van der Waals surface area contributed by atoms with Crippen molar-refractivity contribution in [2.24, 2.45) is 5.73 Å². The average molecular weight is 798 g/mol. The predicted octanol–water partition coefficient (Wildman–Crippen LogP) is 10.5. The van der Waals surface area contributed by atoms with Crippen molar-refractivity contribution in [2.75, 3.05) is 26.4 Å². The molecule has 2 rings (SSSR count). The molecule has 0 aliphatic carbocycles. The van der Waals surface area contributed by atoms with Crippen molar-refractivity contribution in [3.63, 3.8) is 0 Å². The number of hydrogen-bond acceptors (Lipinski definition) is 10.